The van der Waals surface area contributed by atoms with Crippen molar-refractivity contribution in [1.82, 2.24) is 0 Å². The number of rotatable bonds is 1. The van der Waals surface area contributed by atoms with Crippen molar-refractivity contribution >= 4 is 16.6 Å². The number of hydrogen-bond acceptors (Lipinski definition) is 1. The predicted octanol–water partition coefficient (Wildman–Crippen LogP) is 2.66. The van der Waals surface area contributed by atoms with Gasteiger partial charge in [0, 0.05) is 16.6 Å². The third kappa shape index (κ3) is 1.76. The van der Waals surface area contributed by atoms with Gasteiger partial charge in [0.15, 0.2) is 4.90 Å². The summed E-state index contributed by atoms with van der Waals surface area (Å²) in [6.45, 7) is 4.23. The average Bonchev–Trinajstić information content (AvgIpc) is 2.66. The van der Waals surface area contributed by atoms with Crippen molar-refractivity contribution in [1.29, 1.82) is 0 Å². The van der Waals surface area contributed by atoms with Crippen LogP contribution in [0.1, 0.15) is 24.0 Å². The summed E-state index contributed by atoms with van der Waals surface area (Å²) in [5.74, 6) is 2.78. The Balaban J connectivity index is 2.34. The summed E-state index contributed by atoms with van der Waals surface area (Å²) in [7, 11) is 0.525. The molecular weight excluding hydrogens is 190 g/mol. The molecule has 0 atom stereocenters. The van der Waals surface area contributed by atoms with E-state index in [1.165, 1.54) is 40.4 Å². The number of nitrogen functional groups attached to an aromatic ring is 1. The van der Waals surface area contributed by atoms with Crippen molar-refractivity contribution in [3.8, 4) is 0 Å². The highest BCUT2D eigenvalue weighted by Crippen LogP contribution is 2.27. The second-order valence-electron chi connectivity index (χ2n) is 4.08. The van der Waals surface area contributed by atoms with Gasteiger partial charge in [0.25, 0.3) is 0 Å². The highest BCUT2D eigenvalue weighted by molar-refractivity contribution is 7.97. The fraction of sp³-hybridized carbons (Fsp3) is 0.500. The van der Waals surface area contributed by atoms with Crippen LogP contribution in [0.3, 0.4) is 0 Å². The summed E-state index contributed by atoms with van der Waals surface area (Å²) < 4.78 is 0. The minimum atomic E-state index is 0.525. The van der Waals surface area contributed by atoms with Crippen molar-refractivity contribution in [3.05, 3.63) is 23.3 Å². The maximum atomic E-state index is 5.95. The number of nitrogens with two attached hydrogens (primary N) is 1. The van der Waals surface area contributed by atoms with Crippen LogP contribution in [0.15, 0.2) is 17.0 Å². The van der Waals surface area contributed by atoms with Crippen LogP contribution >= 0.6 is 0 Å². The molecule has 1 heterocycles. The van der Waals surface area contributed by atoms with Crippen LogP contribution in [0.25, 0.3) is 0 Å². The Morgan fingerprint density at radius 1 is 1.07 bits per heavy atom. The first-order valence-corrected chi connectivity index (χ1v) is 6.79. The number of aryl methyl sites for hydroxylation is 2. The van der Waals surface area contributed by atoms with Crippen LogP contribution in [-0.2, 0) is 10.9 Å². The third-order valence-electron chi connectivity index (χ3n) is 2.93. The Hall–Kier alpha value is -0.630. The largest absolute Gasteiger partial charge is 0.398 e. The molecule has 0 spiro atoms. The van der Waals surface area contributed by atoms with Gasteiger partial charge in [0.2, 0.25) is 0 Å². The van der Waals surface area contributed by atoms with Crippen LogP contribution in [-0.4, -0.2) is 11.5 Å². The molecule has 1 aliphatic heterocycles. The molecule has 2 N–H and O–H groups in total. The summed E-state index contributed by atoms with van der Waals surface area (Å²) in [6, 6.07) is 4.58. The number of benzene rings is 1. The quantitative estimate of drug-likeness (QED) is 0.557. The van der Waals surface area contributed by atoms with E-state index in [0.29, 0.717) is 10.9 Å². The van der Waals surface area contributed by atoms with E-state index in [0.717, 1.165) is 5.69 Å². The molecule has 14 heavy (non-hydrogen) atoms. The van der Waals surface area contributed by atoms with Crippen LogP contribution in [0.2, 0.25) is 0 Å². The van der Waals surface area contributed by atoms with Gasteiger partial charge in [-0.1, -0.05) is 0 Å². The summed E-state index contributed by atoms with van der Waals surface area (Å²) in [6.07, 6.45) is 2.82. The molecule has 0 unspecified atom stereocenters. The van der Waals surface area contributed by atoms with Crippen molar-refractivity contribution in [2.45, 2.75) is 31.6 Å². The molecule has 1 nitrogen and oxygen atoms in total. The lowest BCUT2D eigenvalue weighted by Crippen LogP contribution is -2.06. The molecule has 0 saturated carbocycles. The molecule has 1 aliphatic rings. The van der Waals surface area contributed by atoms with Gasteiger partial charge >= 0.3 is 0 Å². The van der Waals surface area contributed by atoms with E-state index in [2.05, 4.69) is 26.0 Å². The van der Waals surface area contributed by atoms with Crippen LogP contribution in [0.4, 0.5) is 5.69 Å². The summed E-state index contributed by atoms with van der Waals surface area (Å²) in [4.78, 5) is 1.53. The van der Waals surface area contributed by atoms with Crippen molar-refractivity contribution in [3.63, 3.8) is 0 Å². The maximum Gasteiger partial charge on any atom is 0.155 e. The molecule has 0 aromatic heterocycles. The third-order valence-corrected chi connectivity index (χ3v) is 5.40. The second kappa shape index (κ2) is 3.85. The highest BCUT2D eigenvalue weighted by Gasteiger charge is 2.27. The fourth-order valence-electron chi connectivity index (χ4n) is 1.99. The van der Waals surface area contributed by atoms with E-state index in [-0.39, 0.29) is 0 Å². The molecule has 0 radical (unpaired) electrons. The lowest BCUT2D eigenvalue weighted by atomic mass is 10.1. The summed E-state index contributed by atoms with van der Waals surface area (Å²) in [5, 5.41) is 0. The topological polar surface area (TPSA) is 26.0 Å². The Kier molecular flexibility index (Phi) is 2.73. The predicted molar refractivity (Wildman–Crippen MR) is 64.9 cm³/mol. The first kappa shape index (κ1) is 9.91. The molecule has 2 heteroatoms. The van der Waals surface area contributed by atoms with Crippen LogP contribution < -0.4 is 5.73 Å². The van der Waals surface area contributed by atoms with Gasteiger partial charge in [0.1, 0.15) is 11.5 Å². The fourth-order valence-corrected chi connectivity index (χ4v) is 4.46. The molecule has 1 fully saturated rings. The van der Waals surface area contributed by atoms with Gasteiger partial charge in [-0.2, -0.15) is 0 Å². The standard InChI is InChI=1S/C12H18NS/c1-9-7-11(8-10(2)12(9)13)14-5-3-4-6-14/h7-8H,3-6,13H2,1-2H3/q+1. The molecule has 0 aliphatic carbocycles. The van der Waals surface area contributed by atoms with Gasteiger partial charge in [-0.15, -0.1) is 0 Å². The van der Waals surface area contributed by atoms with E-state index in [4.69, 9.17) is 5.73 Å². The number of hydrogen-bond donors (Lipinski definition) is 1. The van der Waals surface area contributed by atoms with Gasteiger partial charge in [-0.3, -0.25) is 0 Å². The molecule has 1 aromatic carbocycles. The average molecular weight is 208 g/mol. The Labute approximate surface area is 89.0 Å². The summed E-state index contributed by atoms with van der Waals surface area (Å²) in [5.41, 5.74) is 9.42. The molecule has 1 saturated heterocycles. The molecule has 2 rings (SSSR count). The van der Waals surface area contributed by atoms with Crippen molar-refractivity contribution in [2.75, 3.05) is 17.2 Å². The first-order chi connectivity index (χ1) is 6.68. The molecule has 76 valence electrons. The van der Waals surface area contributed by atoms with Crippen molar-refractivity contribution in [2.24, 2.45) is 0 Å². The van der Waals surface area contributed by atoms with Gasteiger partial charge in [0.05, 0.1) is 0 Å². The van der Waals surface area contributed by atoms with E-state index in [1.54, 1.807) is 0 Å². The Morgan fingerprint density at radius 2 is 1.57 bits per heavy atom. The normalized spacial score (nSPS) is 17.6. The smallest absolute Gasteiger partial charge is 0.155 e. The minimum Gasteiger partial charge on any atom is -0.398 e. The SMILES string of the molecule is Cc1cc([S+]2CCCC2)cc(C)c1N. The monoisotopic (exact) mass is 208 g/mol. The van der Waals surface area contributed by atoms with Crippen LogP contribution in [0.5, 0.6) is 0 Å². The lowest BCUT2D eigenvalue weighted by molar-refractivity contribution is 0.949. The Morgan fingerprint density at radius 3 is 2.07 bits per heavy atom. The minimum absolute atomic E-state index is 0.525. The molecular formula is C12H18NS+. The zero-order chi connectivity index (χ0) is 10.1. The number of anilines is 1. The van der Waals surface area contributed by atoms with E-state index < -0.39 is 0 Å². The maximum absolute atomic E-state index is 5.95. The zero-order valence-electron chi connectivity index (χ0n) is 8.97. The molecule has 1 aromatic rings. The van der Waals surface area contributed by atoms with Gasteiger partial charge in [-0.05, 0) is 49.9 Å². The highest BCUT2D eigenvalue weighted by atomic mass is 32.2. The van der Waals surface area contributed by atoms with E-state index in [9.17, 15) is 0 Å². The van der Waals surface area contributed by atoms with Crippen LogP contribution in [0, 0.1) is 13.8 Å². The Bertz CT molecular complexity index is 317. The van der Waals surface area contributed by atoms with Crippen molar-refractivity contribution < 1.29 is 0 Å². The van der Waals surface area contributed by atoms with Gasteiger partial charge in [-0.25, -0.2) is 0 Å². The first-order valence-electron chi connectivity index (χ1n) is 5.22. The van der Waals surface area contributed by atoms with E-state index >= 15 is 0 Å². The lowest BCUT2D eigenvalue weighted by Gasteiger charge is -2.07. The van der Waals surface area contributed by atoms with E-state index in [1.807, 2.05) is 0 Å². The summed E-state index contributed by atoms with van der Waals surface area (Å²) >= 11 is 0. The second-order valence-corrected chi connectivity index (χ2v) is 6.35. The van der Waals surface area contributed by atoms with Gasteiger partial charge < -0.3 is 5.73 Å². The zero-order valence-corrected chi connectivity index (χ0v) is 9.79. The molecule has 0 bridgehead atoms. The molecule has 0 amide bonds.